The molecule has 1 fully saturated rings. The fraction of sp³-hybridized carbons (Fsp3) is 0.280. The Kier molecular flexibility index (Phi) is 6.38. The molecule has 0 unspecified atom stereocenters. The van der Waals surface area contributed by atoms with Gasteiger partial charge in [0, 0.05) is 60.5 Å². The van der Waals surface area contributed by atoms with Crippen molar-refractivity contribution in [1.29, 1.82) is 0 Å². The van der Waals surface area contributed by atoms with E-state index in [-0.39, 0.29) is 5.91 Å². The zero-order valence-corrected chi connectivity index (χ0v) is 18.4. The number of aromatic nitrogens is 1. The van der Waals surface area contributed by atoms with E-state index in [1.807, 2.05) is 59.4 Å². The Labute approximate surface area is 182 Å². The first-order chi connectivity index (χ1) is 14.6. The predicted molar refractivity (Wildman–Crippen MR) is 124 cm³/mol. The summed E-state index contributed by atoms with van der Waals surface area (Å²) >= 11 is 1.83. The quantitative estimate of drug-likeness (QED) is 0.550. The second-order valence-corrected chi connectivity index (χ2v) is 8.76. The predicted octanol–water partition coefficient (Wildman–Crippen LogP) is 4.95. The molecule has 0 bridgehead atoms. The van der Waals surface area contributed by atoms with Crippen LogP contribution in [-0.4, -0.2) is 42.0 Å². The van der Waals surface area contributed by atoms with E-state index in [0.717, 1.165) is 37.5 Å². The van der Waals surface area contributed by atoms with Crippen LogP contribution in [0.5, 0.6) is 0 Å². The monoisotopic (exact) mass is 417 g/mol. The Morgan fingerprint density at radius 3 is 2.47 bits per heavy atom. The number of rotatable bonds is 5. The van der Waals surface area contributed by atoms with Gasteiger partial charge in [0.25, 0.3) is 5.91 Å². The lowest BCUT2D eigenvalue weighted by molar-refractivity contribution is 0.0746. The molecule has 2 aromatic carbocycles. The van der Waals surface area contributed by atoms with Gasteiger partial charge in [0.1, 0.15) is 0 Å². The van der Waals surface area contributed by atoms with Crippen LogP contribution in [0, 0.1) is 13.8 Å². The third kappa shape index (κ3) is 4.85. The molecular formula is C25H27N3OS. The van der Waals surface area contributed by atoms with E-state index in [4.69, 9.17) is 0 Å². The number of carbonyl (C=O) groups is 1. The molecule has 1 aliphatic heterocycles. The summed E-state index contributed by atoms with van der Waals surface area (Å²) in [6, 6.07) is 18.7. The molecular weight excluding hydrogens is 390 g/mol. The highest BCUT2D eigenvalue weighted by atomic mass is 32.2. The number of anilines is 1. The number of aryl methyl sites for hydroxylation is 2. The molecule has 0 N–H and O–H groups in total. The van der Waals surface area contributed by atoms with Gasteiger partial charge in [-0.15, -0.1) is 11.8 Å². The van der Waals surface area contributed by atoms with Gasteiger partial charge in [-0.25, -0.2) is 0 Å². The number of amides is 1. The van der Waals surface area contributed by atoms with Gasteiger partial charge in [0.15, 0.2) is 0 Å². The Morgan fingerprint density at radius 2 is 1.73 bits per heavy atom. The van der Waals surface area contributed by atoms with Crippen LogP contribution in [-0.2, 0) is 5.75 Å². The molecule has 2 heterocycles. The first-order valence-corrected chi connectivity index (χ1v) is 11.3. The van der Waals surface area contributed by atoms with E-state index in [0.29, 0.717) is 0 Å². The molecule has 4 nitrogen and oxygen atoms in total. The van der Waals surface area contributed by atoms with Crippen LogP contribution in [0.15, 0.2) is 71.9 Å². The van der Waals surface area contributed by atoms with Crippen molar-refractivity contribution in [2.75, 3.05) is 31.1 Å². The molecule has 1 amide bonds. The van der Waals surface area contributed by atoms with Crippen molar-refractivity contribution in [1.82, 2.24) is 9.88 Å². The van der Waals surface area contributed by atoms with Gasteiger partial charge in [-0.3, -0.25) is 9.78 Å². The lowest BCUT2D eigenvalue weighted by Gasteiger charge is -2.36. The number of thioether (sulfide) groups is 1. The summed E-state index contributed by atoms with van der Waals surface area (Å²) < 4.78 is 0. The molecule has 1 aliphatic rings. The minimum atomic E-state index is 0.128. The van der Waals surface area contributed by atoms with Crippen LogP contribution < -0.4 is 4.90 Å². The Morgan fingerprint density at radius 1 is 0.967 bits per heavy atom. The Bertz CT molecular complexity index is 1010. The molecule has 0 aliphatic carbocycles. The number of carbonyl (C=O) groups excluding carboxylic acids is 1. The number of nitrogens with zero attached hydrogens (tertiary/aromatic N) is 3. The molecule has 154 valence electrons. The fourth-order valence-electron chi connectivity index (χ4n) is 3.82. The summed E-state index contributed by atoms with van der Waals surface area (Å²) in [6.07, 6.45) is 3.63. The molecule has 30 heavy (non-hydrogen) atoms. The first kappa shape index (κ1) is 20.5. The lowest BCUT2D eigenvalue weighted by Crippen LogP contribution is -2.48. The zero-order chi connectivity index (χ0) is 20.9. The van der Waals surface area contributed by atoms with Crippen molar-refractivity contribution >= 4 is 23.4 Å². The van der Waals surface area contributed by atoms with Crippen molar-refractivity contribution < 1.29 is 4.79 Å². The van der Waals surface area contributed by atoms with E-state index in [9.17, 15) is 4.79 Å². The van der Waals surface area contributed by atoms with E-state index in [2.05, 4.69) is 48.0 Å². The summed E-state index contributed by atoms with van der Waals surface area (Å²) in [4.78, 5) is 22.7. The maximum atomic E-state index is 13.1. The van der Waals surface area contributed by atoms with Gasteiger partial charge in [0.2, 0.25) is 0 Å². The highest BCUT2D eigenvalue weighted by Gasteiger charge is 2.22. The second-order valence-electron chi connectivity index (χ2n) is 7.74. The lowest BCUT2D eigenvalue weighted by atomic mass is 10.1. The largest absolute Gasteiger partial charge is 0.368 e. The average molecular weight is 418 g/mol. The average Bonchev–Trinajstić information content (AvgIpc) is 2.79. The summed E-state index contributed by atoms with van der Waals surface area (Å²) in [5.41, 5.74) is 5.72. The van der Waals surface area contributed by atoms with Crippen LogP contribution in [0.1, 0.15) is 27.0 Å². The zero-order valence-electron chi connectivity index (χ0n) is 17.5. The molecule has 0 spiro atoms. The van der Waals surface area contributed by atoms with Gasteiger partial charge in [0.05, 0.1) is 0 Å². The van der Waals surface area contributed by atoms with Crippen molar-refractivity contribution in [3.63, 3.8) is 0 Å². The molecule has 1 aromatic heterocycles. The molecule has 3 aromatic rings. The fourth-order valence-corrected chi connectivity index (χ4v) is 4.77. The summed E-state index contributed by atoms with van der Waals surface area (Å²) in [5.74, 6) is 0.989. The molecule has 5 heteroatoms. The first-order valence-electron chi connectivity index (χ1n) is 10.3. The van der Waals surface area contributed by atoms with Gasteiger partial charge in [-0.05, 0) is 55.3 Å². The molecule has 4 rings (SSSR count). The van der Waals surface area contributed by atoms with Crippen molar-refractivity contribution in [2.45, 2.75) is 24.5 Å². The third-order valence-electron chi connectivity index (χ3n) is 5.49. The van der Waals surface area contributed by atoms with Crippen molar-refractivity contribution in [3.05, 3.63) is 89.2 Å². The number of piperazine rings is 1. The standard InChI is InChI=1S/C25H27N3OS/c1-19-6-7-24(20(2)16-19)30-18-21-4-3-5-22(17-21)25(29)28-14-12-27(13-15-28)23-8-10-26-11-9-23/h3-11,16-17H,12-15,18H2,1-2H3. The van der Waals surface area contributed by atoms with Gasteiger partial charge in [-0.2, -0.15) is 0 Å². The molecule has 0 atom stereocenters. The van der Waals surface area contributed by atoms with Crippen molar-refractivity contribution in [2.24, 2.45) is 0 Å². The highest BCUT2D eigenvalue weighted by Crippen LogP contribution is 2.27. The molecule has 0 saturated carbocycles. The Balaban J connectivity index is 1.37. The summed E-state index contributed by atoms with van der Waals surface area (Å²) in [6.45, 7) is 7.44. The van der Waals surface area contributed by atoms with Crippen LogP contribution >= 0.6 is 11.8 Å². The van der Waals surface area contributed by atoms with Crippen LogP contribution in [0.2, 0.25) is 0 Å². The highest BCUT2D eigenvalue weighted by molar-refractivity contribution is 7.98. The topological polar surface area (TPSA) is 36.4 Å². The Hall–Kier alpha value is -2.79. The van der Waals surface area contributed by atoms with Crippen LogP contribution in [0.4, 0.5) is 5.69 Å². The number of pyridine rings is 1. The van der Waals surface area contributed by atoms with E-state index in [1.54, 1.807) is 0 Å². The maximum absolute atomic E-state index is 13.1. The van der Waals surface area contributed by atoms with E-state index < -0.39 is 0 Å². The molecule has 0 radical (unpaired) electrons. The van der Waals surface area contributed by atoms with Crippen LogP contribution in [0.3, 0.4) is 0 Å². The van der Waals surface area contributed by atoms with Crippen LogP contribution in [0.25, 0.3) is 0 Å². The third-order valence-corrected chi connectivity index (χ3v) is 6.74. The minimum absolute atomic E-state index is 0.128. The van der Waals surface area contributed by atoms with Gasteiger partial charge in [-0.1, -0.05) is 29.8 Å². The summed E-state index contributed by atoms with van der Waals surface area (Å²) in [5, 5.41) is 0. The number of benzene rings is 2. The second kappa shape index (κ2) is 9.35. The van der Waals surface area contributed by atoms with Gasteiger partial charge < -0.3 is 9.80 Å². The smallest absolute Gasteiger partial charge is 0.253 e. The number of hydrogen-bond donors (Lipinski definition) is 0. The normalized spacial score (nSPS) is 14.1. The van der Waals surface area contributed by atoms with E-state index in [1.165, 1.54) is 27.3 Å². The SMILES string of the molecule is Cc1ccc(SCc2cccc(C(=O)N3CCN(c4ccncc4)CC3)c2)c(C)c1. The van der Waals surface area contributed by atoms with Gasteiger partial charge >= 0.3 is 0 Å². The molecule has 1 saturated heterocycles. The van der Waals surface area contributed by atoms with Crippen molar-refractivity contribution in [3.8, 4) is 0 Å². The van der Waals surface area contributed by atoms with E-state index >= 15 is 0 Å². The maximum Gasteiger partial charge on any atom is 0.253 e. The number of hydrogen-bond acceptors (Lipinski definition) is 4. The minimum Gasteiger partial charge on any atom is -0.368 e. The summed E-state index contributed by atoms with van der Waals surface area (Å²) in [7, 11) is 0.